The fourth-order valence-electron chi connectivity index (χ4n) is 4.00. The number of amides is 1. The van der Waals surface area contributed by atoms with Gasteiger partial charge < -0.3 is 19.8 Å². The number of aromatic nitrogens is 2. The molecule has 0 saturated carbocycles. The van der Waals surface area contributed by atoms with Crippen LogP contribution in [-0.2, 0) is 0 Å². The molecule has 0 aliphatic rings. The quantitative estimate of drug-likeness (QED) is 0.200. The van der Waals surface area contributed by atoms with Gasteiger partial charge in [-0.15, -0.1) is 0 Å². The number of methoxy groups -OCH3 is 2. The maximum Gasteiger partial charge on any atom is 0.288 e. The Morgan fingerprint density at radius 1 is 0.889 bits per heavy atom. The highest BCUT2D eigenvalue weighted by Gasteiger charge is 2.17. The van der Waals surface area contributed by atoms with Crippen molar-refractivity contribution in [1.82, 2.24) is 20.8 Å². The van der Waals surface area contributed by atoms with Gasteiger partial charge in [-0.2, -0.15) is 0 Å². The molecule has 3 aromatic carbocycles. The minimum Gasteiger partial charge on any atom is -0.497 e. The summed E-state index contributed by atoms with van der Waals surface area (Å²) in [5.41, 5.74) is 9.68. The molecule has 180 valence electrons. The number of aromatic amines is 1. The van der Waals surface area contributed by atoms with Crippen molar-refractivity contribution in [2.75, 3.05) is 19.5 Å². The van der Waals surface area contributed by atoms with Gasteiger partial charge in [0.05, 0.1) is 31.1 Å². The normalized spacial score (nSPS) is 10.7. The van der Waals surface area contributed by atoms with E-state index in [1.807, 2.05) is 54.6 Å². The third-order valence-electron chi connectivity index (χ3n) is 5.72. The molecule has 0 aliphatic carbocycles. The number of nitrogens with one attached hydrogen (secondary N) is 4. The Balaban J connectivity index is 1.41. The summed E-state index contributed by atoms with van der Waals surface area (Å²) in [5, 5.41) is 5.11. The summed E-state index contributed by atoms with van der Waals surface area (Å²) < 4.78 is 10.6. The molecule has 0 aliphatic heterocycles. The highest BCUT2D eigenvalue weighted by atomic mass is 32.1. The summed E-state index contributed by atoms with van der Waals surface area (Å²) in [6.07, 6.45) is 0. The number of benzene rings is 3. The molecule has 0 spiro atoms. The van der Waals surface area contributed by atoms with E-state index in [0.717, 1.165) is 27.4 Å². The zero-order valence-electron chi connectivity index (χ0n) is 19.6. The molecule has 0 radical (unpaired) electrons. The number of nitrogens with zero attached hydrogens (tertiary/aromatic N) is 1. The molecule has 5 rings (SSSR count). The second kappa shape index (κ2) is 9.93. The van der Waals surface area contributed by atoms with E-state index in [-0.39, 0.29) is 10.8 Å². The third-order valence-corrected chi connectivity index (χ3v) is 5.93. The second-order valence-electron chi connectivity index (χ2n) is 7.91. The number of carbonyl (C=O) groups excluding carboxylic acids is 1. The van der Waals surface area contributed by atoms with Crippen molar-refractivity contribution in [1.29, 1.82) is 0 Å². The van der Waals surface area contributed by atoms with E-state index in [0.29, 0.717) is 22.9 Å². The maximum absolute atomic E-state index is 13.1. The van der Waals surface area contributed by atoms with E-state index < -0.39 is 5.91 Å². The largest absolute Gasteiger partial charge is 0.497 e. The van der Waals surface area contributed by atoms with Gasteiger partial charge in [-0.3, -0.25) is 15.6 Å². The Kier molecular flexibility index (Phi) is 6.38. The number of hydrogen-bond donors (Lipinski definition) is 4. The van der Waals surface area contributed by atoms with Gasteiger partial charge in [-0.05, 0) is 36.5 Å². The summed E-state index contributed by atoms with van der Waals surface area (Å²) in [7, 11) is 3.13. The molecule has 0 saturated heterocycles. The average molecular weight is 498 g/mol. The van der Waals surface area contributed by atoms with Crippen molar-refractivity contribution in [3.8, 4) is 22.8 Å². The SMILES string of the molecule is COc1ccc(NC(=S)NNC(=O)c2cc3c([nH]c4ccccc43)c(-c3ccccc3)n2)c(OC)c1. The highest BCUT2D eigenvalue weighted by molar-refractivity contribution is 7.80. The molecule has 0 bridgehead atoms. The molecular weight excluding hydrogens is 474 g/mol. The first kappa shape index (κ1) is 23.1. The van der Waals surface area contributed by atoms with Crippen LogP contribution in [0, 0.1) is 0 Å². The van der Waals surface area contributed by atoms with E-state index in [1.165, 1.54) is 0 Å². The molecule has 9 heteroatoms. The van der Waals surface area contributed by atoms with Crippen LogP contribution in [0.3, 0.4) is 0 Å². The number of rotatable bonds is 5. The van der Waals surface area contributed by atoms with E-state index >= 15 is 0 Å². The molecule has 2 heterocycles. The van der Waals surface area contributed by atoms with Gasteiger partial charge in [0, 0.05) is 27.9 Å². The van der Waals surface area contributed by atoms with E-state index in [9.17, 15) is 4.79 Å². The van der Waals surface area contributed by atoms with Crippen molar-refractivity contribution in [2.24, 2.45) is 0 Å². The zero-order chi connectivity index (χ0) is 25.1. The first-order valence-corrected chi connectivity index (χ1v) is 11.5. The maximum atomic E-state index is 13.1. The number of ether oxygens (including phenoxy) is 2. The number of H-pyrrole nitrogens is 1. The highest BCUT2D eigenvalue weighted by Crippen LogP contribution is 2.32. The van der Waals surface area contributed by atoms with Crippen molar-refractivity contribution in [3.05, 3.63) is 84.6 Å². The van der Waals surface area contributed by atoms with Crippen molar-refractivity contribution in [3.63, 3.8) is 0 Å². The fourth-order valence-corrected chi connectivity index (χ4v) is 4.16. The number of carbonyl (C=O) groups is 1. The van der Waals surface area contributed by atoms with Crippen LogP contribution in [0.25, 0.3) is 33.1 Å². The van der Waals surface area contributed by atoms with Gasteiger partial charge in [0.1, 0.15) is 17.2 Å². The number of para-hydroxylation sites is 1. The van der Waals surface area contributed by atoms with Gasteiger partial charge in [-0.1, -0.05) is 48.5 Å². The molecule has 0 atom stereocenters. The van der Waals surface area contributed by atoms with Gasteiger partial charge in [-0.25, -0.2) is 4.98 Å². The number of fused-ring (bicyclic) bond motifs is 3. The smallest absolute Gasteiger partial charge is 0.288 e. The molecule has 5 aromatic rings. The molecule has 1 amide bonds. The Hall–Kier alpha value is -4.63. The van der Waals surface area contributed by atoms with E-state index in [4.69, 9.17) is 26.7 Å². The number of thiocarbonyl (C=S) groups is 1. The summed E-state index contributed by atoms with van der Waals surface area (Å²) >= 11 is 5.35. The van der Waals surface area contributed by atoms with Gasteiger partial charge >= 0.3 is 0 Å². The molecule has 36 heavy (non-hydrogen) atoms. The van der Waals surface area contributed by atoms with E-state index in [2.05, 4.69) is 21.2 Å². The number of anilines is 1. The molecule has 0 fully saturated rings. The molecule has 8 nitrogen and oxygen atoms in total. The van der Waals surface area contributed by atoms with Gasteiger partial charge in [0.25, 0.3) is 5.91 Å². The topological polar surface area (TPSA) is 100 Å². The molecule has 2 aromatic heterocycles. The number of hydrogen-bond acceptors (Lipinski definition) is 5. The monoisotopic (exact) mass is 497 g/mol. The van der Waals surface area contributed by atoms with E-state index in [1.54, 1.807) is 38.5 Å². The summed E-state index contributed by atoms with van der Waals surface area (Å²) in [6, 6.07) is 24.8. The summed E-state index contributed by atoms with van der Waals surface area (Å²) in [5.74, 6) is 0.770. The van der Waals surface area contributed by atoms with Crippen LogP contribution < -0.4 is 25.6 Å². The Morgan fingerprint density at radius 2 is 1.67 bits per heavy atom. The first-order chi connectivity index (χ1) is 17.6. The van der Waals surface area contributed by atoms with Crippen LogP contribution >= 0.6 is 12.2 Å². The van der Waals surface area contributed by atoms with Crippen LogP contribution in [0.2, 0.25) is 0 Å². The third kappa shape index (κ3) is 4.51. The fraction of sp³-hybridized carbons (Fsp3) is 0.0741. The number of hydrazine groups is 1. The Morgan fingerprint density at radius 3 is 2.44 bits per heavy atom. The summed E-state index contributed by atoms with van der Waals surface area (Å²) in [6.45, 7) is 0. The van der Waals surface area contributed by atoms with Crippen LogP contribution in [0.5, 0.6) is 11.5 Å². The predicted molar refractivity (Wildman–Crippen MR) is 145 cm³/mol. The van der Waals surface area contributed by atoms with Crippen molar-refractivity contribution < 1.29 is 14.3 Å². The van der Waals surface area contributed by atoms with Crippen molar-refractivity contribution >= 4 is 50.7 Å². The van der Waals surface area contributed by atoms with Gasteiger partial charge in [0.15, 0.2) is 5.11 Å². The molecule has 0 unspecified atom stereocenters. The van der Waals surface area contributed by atoms with Crippen LogP contribution in [-0.4, -0.2) is 35.2 Å². The lowest BCUT2D eigenvalue weighted by Gasteiger charge is -2.15. The minimum absolute atomic E-state index is 0.184. The van der Waals surface area contributed by atoms with Gasteiger partial charge in [0.2, 0.25) is 0 Å². The lowest BCUT2D eigenvalue weighted by Crippen LogP contribution is -2.44. The van der Waals surface area contributed by atoms with Crippen LogP contribution in [0.1, 0.15) is 10.5 Å². The average Bonchev–Trinajstić information content (AvgIpc) is 3.30. The minimum atomic E-state index is -0.426. The standard InChI is InChI=1S/C27H23N5O3S/c1-34-17-12-13-21(23(14-17)35-2)30-27(36)32-31-26(33)22-15-19-18-10-6-7-11-20(18)28-25(19)24(29-22)16-8-4-3-5-9-16/h3-15,28H,1-2H3,(H,31,33)(H2,30,32,36). The lowest BCUT2D eigenvalue weighted by atomic mass is 10.1. The lowest BCUT2D eigenvalue weighted by molar-refractivity contribution is 0.0939. The Bertz CT molecular complexity index is 1580. The number of pyridine rings is 1. The summed E-state index contributed by atoms with van der Waals surface area (Å²) in [4.78, 5) is 21.3. The first-order valence-electron chi connectivity index (χ1n) is 11.1. The Labute approximate surface area is 212 Å². The molecule has 4 N–H and O–H groups in total. The molecular formula is C27H23N5O3S. The van der Waals surface area contributed by atoms with Crippen LogP contribution in [0.15, 0.2) is 78.9 Å². The van der Waals surface area contributed by atoms with Crippen molar-refractivity contribution in [2.45, 2.75) is 0 Å². The predicted octanol–water partition coefficient (Wildman–Crippen LogP) is 5.03. The second-order valence-corrected chi connectivity index (χ2v) is 8.32. The van der Waals surface area contributed by atoms with Crippen LogP contribution in [0.4, 0.5) is 5.69 Å². The zero-order valence-corrected chi connectivity index (χ0v) is 20.4.